The van der Waals surface area contributed by atoms with E-state index in [0.29, 0.717) is 6.42 Å². The van der Waals surface area contributed by atoms with Gasteiger partial charge in [-0.3, -0.25) is 0 Å². The zero-order chi connectivity index (χ0) is 23.6. The fraction of sp³-hybridized carbons (Fsp3) is 0.962. The van der Waals surface area contributed by atoms with E-state index < -0.39 is 29.8 Å². The number of carboxylic acid groups (broad SMARTS) is 1. The molecule has 3 unspecified atom stereocenters. The van der Waals surface area contributed by atoms with Gasteiger partial charge in [0.25, 0.3) is 0 Å². The van der Waals surface area contributed by atoms with Gasteiger partial charge in [-0.05, 0) is 97.2 Å². The summed E-state index contributed by atoms with van der Waals surface area (Å²) in [5.74, 6) is -0.619. The first kappa shape index (κ1) is 24.4. The molecule has 0 aromatic heterocycles. The molecule has 0 aromatic rings. The molecule has 4 N–H and O–H groups in total. The van der Waals surface area contributed by atoms with Crippen molar-refractivity contribution in [1.29, 1.82) is 0 Å². The number of carboxylic acids is 1. The van der Waals surface area contributed by atoms with Crippen molar-refractivity contribution in [2.24, 2.45) is 52.3 Å². The number of carbonyl (C=O) groups is 1. The number of rotatable bonds is 5. The maximum atomic E-state index is 14.0. The van der Waals surface area contributed by atoms with Gasteiger partial charge in [-0.2, -0.15) is 0 Å². The molecule has 4 fully saturated rings. The van der Waals surface area contributed by atoms with Crippen molar-refractivity contribution >= 4 is 5.97 Å². The Bertz CT molecular complexity index is 716. The van der Waals surface area contributed by atoms with Crippen LogP contribution in [0.4, 0.5) is 4.39 Å². The van der Waals surface area contributed by atoms with E-state index in [-0.39, 0.29) is 59.4 Å². The van der Waals surface area contributed by atoms with Crippen molar-refractivity contribution in [3.05, 3.63) is 0 Å². The molecule has 5 nitrogen and oxygen atoms in total. The highest BCUT2D eigenvalue weighted by atomic mass is 19.1. The third-order valence-corrected chi connectivity index (χ3v) is 11.1. The molecule has 4 aliphatic carbocycles. The third-order valence-electron chi connectivity index (χ3n) is 11.1. The van der Waals surface area contributed by atoms with Crippen LogP contribution < -0.4 is 0 Å². The third kappa shape index (κ3) is 3.46. The highest BCUT2D eigenvalue weighted by Gasteiger charge is 2.67. The molecule has 32 heavy (non-hydrogen) atoms. The Kier molecular flexibility index (Phi) is 6.48. The highest BCUT2D eigenvalue weighted by Crippen LogP contribution is 2.69. The van der Waals surface area contributed by atoms with E-state index in [1.54, 1.807) is 0 Å². The van der Waals surface area contributed by atoms with Gasteiger partial charge in [0.2, 0.25) is 0 Å². The molecule has 0 radical (unpaired) electrons. The fourth-order valence-corrected chi connectivity index (χ4v) is 9.48. The summed E-state index contributed by atoms with van der Waals surface area (Å²) in [7, 11) is 0. The second-order valence-corrected chi connectivity index (χ2v) is 12.2. The van der Waals surface area contributed by atoms with E-state index in [4.69, 9.17) is 5.11 Å². The molecule has 0 spiro atoms. The Labute approximate surface area is 191 Å². The number of hydrogen-bond donors (Lipinski definition) is 4. The average molecular weight is 455 g/mol. The summed E-state index contributed by atoms with van der Waals surface area (Å²) in [6.07, 6.45) is 2.51. The van der Waals surface area contributed by atoms with E-state index in [1.165, 1.54) is 0 Å². The molecule has 6 heteroatoms. The van der Waals surface area contributed by atoms with Gasteiger partial charge in [0.15, 0.2) is 6.17 Å². The summed E-state index contributed by atoms with van der Waals surface area (Å²) in [4.78, 5) is 11.1. The number of alkyl halides is 1. The first-order chi connectivity index (χ1) is 15.0. The second kappa shape index (κ2) is 8.49. The van der Waals surface area contributed by atoms with Crippen molar-refractivity contribution in [1.82, 2.24) is 0 Å². The molecule has 4 aliphatic rings. The zero-order valence-electron chi connectivity index (χ0n) is 20.1. The quantitative estimate of drug-likeness (QED) is 0.503. The highest BCUT2D eigenvalue weighted by molar-refractivity contribution is 5.72. The molecule has 184 valence electrons. The predicted octanol–water partition coefficient (Wildman–Crippen LogP) is 4.03. The smallest absolute Gasteiger partial charge is 0.338 e. The summed E-state index contributed by atoms with van der Waals surface area (Å²) in [5, 5.41) is 42.7. The lowest BCUT2D eigenvalue weighted by Gasteiger charge is -2.65. The van der Waals surface area contributed by atoms with E-state index in [2.05, 4.69) is 20.8 Å². The minimum absolute atomic E-state index is 0.00313. The number of fused-ring (bicyclic) bond motifs is 5. The number of aliphatic hydroxyl groups is 3. The summed E-state index contributed by atoms with van der Waals surface area (Å²) in [6.45, 7) is 8.52. The number of aliphatic carboxylic acids is 1. The van der Waals surface area contributed by atoms with Crippen molar-refractivity contribution in [3.8, 4) is 0 Å². The molecule has 0 heterocycles. The molecule has 0 amide bonds. The van der Waals surface area contributed by atoms with Crippen molar-refractivity contribution < 1.29 is 29.6 Å². The van der Waals surface area contributed by atoms with E-state index in [1.807, 2.05) is 6.92 Å². The topological polar surface area (TPSA) is 98.0 Å². The summed E-state index contributed by atoms with van der Waals surface area (Å²) >= 11 is 0. The molecule has 0 aliphatic heterocycles. The lowest BCUT2D eigenvalue weighted by molar-refractivity contribution is -0.228. The lowest BCUT2D eigenvalue weighted by Crippen LogP contribution is -2.65. The van der Waals surface area contributed by atoms with Crippen LogP contribution in [0.1, 0.15) is 79.1 Å². The molecule has 0 aromatic carbocycles. The Morgan fingerprint density at radius 2 is 1.75 bits per heavy atom. The molecule has 0 saturated heterocycles. The molecular weight excluding hydrogens is 411 g/mol. The van der Waals surface area contributed by atoms with Crippen LogP contribution in [0, 0.1) is 52.3 Å². The molecule has 0 bridgehead atoms. The van der Waals surface area contributed by atoms with Gasteiger partial charge in [-0.25, -0.2) is 9.18 Å². The maximum Gasteiger partial charge on any atom is 0.338 e. The largest absolute Gasteiger partial charge is 0.479 e. The van der Waals surface area contributed by atoms with Gasteiger partial charge in [0, 0.05) is 0 Å². The summed E-state index contributed by atoms with van der Waals surface area (Å²) in [5.41, 5.74) is -0.432. The lowest BCUT2D eigenvalue weighted by atomic mass is 9.41. The van der Waals surface area contributed by atoms with Crippen molar-refractivity contribution in [2.45, 2.75) is 104 Å². The Morgan fingerprint density at radius 1 is 1.06 bits per heavy atom. The van der Waals surface area contributed by atoms with Gasteiger partial charge in [0.1, 0.15) is 0 Å². The fourth-order valence-electron chi connectivity index (χ4n) is 9.48. The number of halogens is 1. The first-order valence-electron chi connectivity index (χ1n) is 12.9. The summed E-state index contributed by atoms with van der Waals surface area (Å²) < 4.78 is 14.0. The Morgan fingerprint density at radius 3 is 2.38 bits per heavy atom. The molecule has 4 saturated carbocycles. The van der Waals surface area contributed by atoms with Crippen molar-refractivity contribution in [2.75, 3.05) is 0 Å². The maximum absolute atomic E-state index is 14.0. The molecular formula is C26H43FO5. The van der Waals surface area contributed by atoms with Crippen LogP contribution in [0.15, 0.2) is 0 Å². The monoisotopic (exact) mass is 454 g/mol. The zero-order valence-corrected chi connectivity index (χ0v) is 20.1. The van der Waals surface area contributed by atoms with Gasteiger partial charge >= 0.3 is 5.97 Å². The molecule has 13 atom stereocenters. The molecule has 4 rings (SSSR count). The van der Waals surface area contributed by atoms with E-state index >= 15 is 0 Å². The number of hydrogen-bond acceptors (Lipinski definition) is 4. The predicted molar refractivity (Wildman–Crippen MR) is 119 cm³/mol. The standard InChI is InChI=1S/C26H43FO5/c1-5-15-18-11-14(28)8-9-25(18,3)19-12-21(29)26(4)16(13(2)10-20(27)24(31)32)6-7-17(26)22(19)23(15)30/h13-23,28-30H,5-12H2,1-4H3,(H,31,32)/t13-,14-,15-,16-,17?,18+,19?,20-,21+,22?,23-,25+,26-/m1/s1. The first-order valence-corrected chi connectivity index (χ1v) is 12.9. The number of aliphatic hydroxyl groups excluding tert-OH is 3. The van der Waals surface area contributed by atoms with Crippen LogP contribution in [-0.4, -0.2) is 50.9 Å². The normalized spacial score (nSPS) is 52.4. The summed E-state index contributed by atoms with van der Waals surface area (Å²) in [6, 6.07) is 0. The minimum atomic E-state index is -1.88. The van der Waals surface area contributed by atoms with Gasteiger partial charge in [-0.15, -0.1) is 0 Å². The van der Waals surface area contributed by atoms with Crippen molar-refractivity contribution in [3.63, 3.8) is 0 Å². The van der Waals surface area contributed by atoms with Crippen LogP contribution in [0.25, 0.3) is 0 Å². The van der Waals surface area contributed by atoms with Gasteiger partial charge in [-0.1, -0.05) is 34.1 Å². The Hall–Kier alpha value is -0.720. The van der Waals surface area contributed by atoms with E-state index in [0.717, 1.165) is 38.5 Å². The van der Waals surface area contributed by atoms with Gasteiger partial charge < -0.3 is 20.4 Å². The SMILES string of the molecule is CC[C@H]1[C@@H](O)C2C3CC[C@H]([C@H](C)C[C@@H](F)C(=O)O)[C@@]3(C)[C@@H](O)CC2[C@@]2(C)CC[C@@H](O)C[C@@H]12. The van der Waals surface area contributed by atoms with Crippen LogP contribution in [0.2, 0.25) is 0 Å². The van der Waals surface area contributed by atoms with E-state index in [9.17, 15) is 24.5 Å². The minimum Gasteiger partial charge on any atom is -0.479 e. The average Bonchev–Trinajstić information content (AvgIpc) is 3.09. The second-order valence-electron chi connectivity index (χ2n) is 12.2. The van der Waals surface area contributed by atoms with Crippen LogP contribution in [-0.2, 0) is 4.79 Å². The van der Waals surface area contributed by atoms with Crippen LogP contribution in [0.3, 0.4) is 0 Å². The van der Waals surface area contributed by atoms with Gasteiger partial charge in [0.05, 0.1) is 18.3 Å². The van der Waals surface area contributed by atoms with Crippen LogP contribution >= 0.6 is 0 Å². The Balaban J connectivity index is 1.66. The van der Waals surface area contributed by atoms with Crippen LogP contribution in [0.5, 0.6) is 0 Å².